The van der Waals surface area contributed by atoms with Crippen LogP contribution >= 0.6 is 22.7 Å². The molecule has 0 saturated heterocycles. The number of hydrogen-bond donors (Lipinski definition) is 1. The zero-order valence-electron chi connectivity index (χ0n) is 26.1. The molecule has 6 aromatic rings. The first kappa shape index (κ1) is 33.5. The SMILES string of the molecule is CCN(CC)c1ccc([C@@H](c2c(C(F)(F)F)[nH]n(-c3nc4ccccc4s3)c2=O)[C@@H]2C(=O)N(c3nc4ccccc4s3)N=C2C(F)(F)F)cc1. The summed E-state index contributed by atoms with van der Waals surface area (Å²) in [5, 5.41) is 5.84. The van der Waals surface area contributed by atoms with Crippen molar-refractivity contribution < 1.29 is 31.1 Å². The van der Waals surface area contributed by atoms with Gasteiger partial charge in [0.1, 0.15) is 11.6 Å². The number of carbonyl (C=O) groups is 1. The lowest BCUT2D eigenvalue weighted by atomic mass is 9.77. The number of nitrogens with zero attached hydrogens (tertiary/aromatic N) is 6. The first-order valence-electron chi connectivity index (χ1n) is 15.3. The monoisotopic (exact) mass is 729 g/mol. The van der Waals surface area contributed by atoms with Crippen LogP contribution in [0, 0.1) is 5.92 Å². The summed E-state index contributed by atoms with van der Waals surface area (Å²) >= 11 is 1.81. The Labute approximate surface area is 287 Å². The number of nitrogens with one attached hydrogen (secondary N) is 1. The standard InChI is InChI=1S/C33H25F6N7O2S2/c1-3-44(4-2)18-15-13-17(14-16-18)23(24-26(32(34,35)36)42-45(28(24)47)30-40-19-9-5-7-11-21(19)49-30)25-27(33(37,38)39)43-46(29(25)48)31-41-20-10-6-8-12-22(20)50-31/h5-16,23-24,43H,3-4H2,1-2H3/t23-,24+/m1/s1. The summed E-state index contributed by atoms with van der Waals surface area (Å²) in [4.78, 5) is 38.9. The Kier molecular flexibility index (Phi) is 8.29. The fraction of sp³-hybridized carbons (Fsp3) is 0.242. The molecule has 1 N–H and O–H groups in total. The van der Waals surface area contributed by atoms with Crippen molar-refractivity contribution in [1.29, 1.82) is 0 Å². The third-order valence-electron chi connectivity index (χ3n) is 8.44. The van der Waals surface area contributed by atoms with Crippen molar-refractivity contribution in [2.24, 2.45) is 11.0 Å². The number of benzene rings is 3. The number of H-pyrrole nitrogens is 1. The summed E-state index contributed by atoms with van der Waals surface area (Å²) in [5.74, 6) is -5.74. The molecule has 50 heavy (non-hydrogen) atoms. The van der Waals surface area contributed by atoms with Crippen molar-refractivity contribution in [1.82, 2.24) is 19.7 Å². The van der Waals surface area contributed by atoms with E-state index in [1.54, 1.807) is 48.5 Å². The molecule has 0 saturated carbocycles. The van der Waals surface area contributed by atoms with E-state index in [2.05, 4.69) is 20.2 Å². The van der Waals surface area contributed by atoms with Gasteiger partial charge in [-0.05, 0) is 55.8 Å². The summed E-state index contributed by atoms with van der Waals surface area (Å²) < 4.78 is 91.1. The summed E-state index contributed by atoms with van der Waals surface area (Å²) in [6, 6.07) is 19.0. The average Bonchev–Trinajstić information content (AvgIpc) is 3.85. The molecule has 0 bridgehead atoms. The molecular formula is C33H25F6N7O2S2. The minimum absolute atomic E-state index is 0.125. The molecule has 0 unspecified atom stereocenters. The molecule has 0 fully saturated rings. The van der Waals surface area contributed by atoms with Crippen LogP contribution in [0.15, 0.2) is 82.7 Å². The van der Waals surface area contributed by atoms with Crippen molar-refractivity contribution in [3.63, 3.8) is 0 Å². The number of fused-ring (bicyclic) bond motifs is 2. The Bertz CT molecular complexity index is 2250. The van der Waals surface area contributed by atoms with Crippen molar-refractivity contribution in [3.8, 4) is 5.13 Å². The molecule has 0 radical (unpaired) electrons. The molecule has 1 aliphatic rings. The first-order chi connectivity index (χ1) is 23.8. The van der Waals surface area contributed by atoms with Gasteiger partial charge < -0.3 is 4.90 Å². The topological polar surface area (TPSA) is 99.5 Å². The zero-order chi connectivity index (χ0) is 35.5. The quantitative estimate of drug-likeness (QED) is 0.160. The van der Waals surface area contributed by atoms with Gasteiger partial charge >= 0.3 is 12.4 Å². The second-order valence-electron chi connectivity index (χ2n) is 11.3. The number of carbonyl (C=O) groups excluding carboxylic acids is 1. The van der Waals surface area contributed by atoms with Gasteiger partial charge in [0.05, 0.1) is 26.0 Å². The van der Waals surface area contributed by atoms with Gasteiger partial charge in [0.2, 0.25) is 10.3 Å². The normalized spacial score (nSPS) is 16.1. The largest absolute Gasteiger partial charge is 0.433 e. The maximum atomic E-state index is 14.9. The highest BCUT2D eigenvalue weighted by atomic mass is 32.1. The van der Waals surface area contributed by atoms with Crippen molar-refractivity contribution in [2.45, 2.75) is 32.1 Å². The first-order valence-corrected chi connectivity index (χ1v) is 16.9. The van der Waals surface area contributed by atoms with E-state index in [0.29, 0.717) is 48.9 Å². The van der Waals surface area contributed by atoms with Gasteiger partial charge in [-0.25, -0.2) is 9.97 Å². The van der Waals surface area contributed by atoms with Crippen molar-refractivity contribution in [3.05, 3.63) is 100.0 Å². The molecule has 1 aliphatic heterocycles. The molecule has 7 rings (SSSR count). The van der Waals surface area contributed by atoms with E-state index in [1.165, 1.54) is 24.3 Å². The van der Waals surface area contributed by atoms with E-state index in [0.717, 1.165) is 22.7 Å². The Morgan fingerprint density at radius 1 is 0.800 bits per heavy atom. The molecule has 4 heterocycles. The van der Waals surface area contributed by atoms with E-state index < -0.39 is 52.6 Å². The summed E-state index contributed by atoms with van der Waals surface area (Å²) in [5.41, 5.74) is -4.33. The Morgan fingerprint density at radius 2 is 1.36 bits per heavy atom. The van der Waals surface area contributed by atoms with Crippen LogP contribution in [-0.4, -0.2) is 50.6 Å². The van der Waals surface area contributed by atoms with E-state index in [9.17, 15) is 35.9 Å². The van der Waals surface area contributed by atoms with Crippen LogP contribution < -0.4 is 15.5 Å². The second kappa shape index (κ2) is 12.4. The fourth-order valence-corrected chi connectivity index (χ4v) is 7.99. The Morgan fingerprint density at radius 3 is 1.90 bits per heavy atom. The predicted molar refractivity (Wildman–Crippen MR) is 181 cm³/mol. The van der Waals surface area contributed by atoms with Crippen LogP contribution in [-0.2, 0) is 11.0 Å². The summed E-state index contributed by atoms with van der Waals surface area (Å²) in [6.45, 7) is 4.93. The van der Waals surface area contributed by atoms with E-state index >= 15 is 0 Å². The van der Waals surface area contributed by atoms with Crippen LogP contribution in [0.2, 0.25) is 0 Å². The number of hydrogen-bond acceptors (Lipinski definition) is 8. The molecule has 1 amide bonds. The van der Waals surface area contributed by atoms with Gasteiger partial charge in [-0.15, -0.1) is 0 Å². The predicted octanol–water partition coefficient (Wildman–Crippen LogP) is 7.96. The third-order valence-corrected chi connectivity index (χ3v) is 10.5. The number of alkyl halides is 6. The Hall–Kier alpha value is -5.03. The van der Waals surface area contributed by atoms with Crippen molar-refractivity contribution >= 4 is 65.5 Å². The van der Waals surface area contributed by atoms with Gasteiger partial charge in [-0.3, -0.25) is 14.7 Å². The maximum Gasteiger partial charge on any atom is 0.433 e. The van der Waals surface area contributed by atoms with Crippen LogP contribution in [0.25, 0.3) is 25.6 Å². The number of aromatic amines is 1. The number of aromatic nitrogens is 4. The highest BCUT2D eigenvalue weighted by molar-refractivity contribution is 7.22. The van der Waals surface area contributed by atoms with Crippen LogP contribution in [0.4, 0.5) is 37.2 Å². The molecule has 0 aliphatic carbocycles. The number of thiazole rings is 2. The molecule has 0 spiro atoms. The Balaban J connectivity index is 1.46. The average molecular weight is 730 g/mol. The second-order valence-corrected chi connectivity index (χ2v) is 13.3. The molecule has 258 valence electrons. The number of rotatable bonds is 8. The third kappa shape index (κ3) is 5.73. The lowest BCUT2D eigenvalue weighted by Gasteiger charge is -2.26. The molecule has 17 heteroatoms. The number of halogens is 6. The minimum atomic E-state index is -5.27. The van der Waals surface area contributed by atoms with E-state index in [4.69, 9.17) is 0 Å². The summed E-state index contributed by atoms with van der Waals surface area (Å²) in [7, 11) is 0. The lowest BCUT2D eigenvalue weighted by Crippen LogP contribution is -2.39. The summed E-state index contributed by atoms with van der Waals surface area (Å²) in [6.07, 6.45) is -10.5. The number of anilines is 2. The lowest BCUT2D eigenvalue weighted by molar-refractivity contribution is -0.142. The highest BCUT2D eigenvalue weighted by Gasteiger charge is 2.56. The minimum Gasteiger partial charge on any atom is -0.372 e. The van der Waals surface area contributed by atoms with Gasteiger partial charge in [0, 0.05) is 24.7 Å². The van der Waals surface area contributed by atoms with Crippen LogP contribution in [0.5, 0.6) is 0 Å². The zero-order valence-corrected chi connectivity index (χ0v) is 27.7. The van der Waals surface area contributed by atoms with Crippen LogP contribution in [0.1, 0.15) is 36.6 Å². The smallest absolute Gasteiger partial charge is 0.372 e. The van der Waals surface area contributed by atoms with Gasteiger partial charge in [0.25, 0.3) is 11.5 Å². The molecule has 3 aromatic heterocycles. The maximum absolute atomic E-state index is 14.9. The van der Waals surface area contributed by atoms with Gasteiger partial charge in [-0.2, -0.15) is 41.1 Å². The number of para-hydroxylation sites is 2. The molecule has 9 nitrogen and oxygen atoms in total. The highest BCUT2D eigenvalue weighted by Crippen LogP contribution is 2.46. The molecular weight excluding hydrogens is 705 g/mol. The fourth-order valence-electron chi connectivity index (χ4n) is 6.14. The molecule has 2 atom stereocenters. The number of amides is 1. The van der Waals surface area contributed by atoms with Crippen molar-refractivity contribution in [2.75, 3.05) is 23.0 Å². The van der Waals surface area contributed by atoms with Gasteiger partial charge in [-0.1, -0.05) is 59.1 Å². The molecule has 3 aromatic carbocycles. The van der Waals surface area contributed by atoms with E-state index in [-0.39, 0.29) is 15.8 Å². The van der Waals surface area contributed by atoms with Crippen LogP contribution in [0.3, 0.4) is 0 Å². The number of hydrazone groups is 1. The van der Waals surface area contributed by atoms with E-state index in [1.807, 2.05) is 18.7 Å². The van der Waals surface area contributed by atoms with Gasteiger partial charge in [0.15, 0.2) is 5.71 Å².